The normalized spacial score (nSPS) is 18.3. The lowest BCUT2D eigenvalue weighted by atomic mass is 9.89. The summed E-state index contributed by atoms with van der Waals surface area (Å²) in [6.07, 6.45) is 1.94. The SMILES string of the molecule is Cc1occc1C(=O)NC1(C(=O)O)CCOCC1. The van der Waals surface area contributed by atoms with Gasteiger partial charge < -0.3 is 19.6 Å². The van der Waals surface area contributed by atoms with Crippen LogP contribution in [0.1, 0.15) is 29.0 Å². The van der Waals surface area contributed by atoms with Crippen LogP contribution in [-0.2, 0) is 9.53 Å². The Labute approximate surface area is 104 Å². The largest absolute Gasteiger partial charge is 0.480 e. The van der Waals surface area contributed by atoms with Crippen molar-refractivity contribution in [3.63, 3.8) is 0 Å². The number of aryl methyl sites for hydroxylation is 1. The molecule has 1 aliphatic heterocycles. The van der Waals surface area contributed by atoms with Gasteiger partial charge in [0.15, 0.2) is 0 Å². The van der Waals surface area contributed by atoms with Crippen molar-refractivity contribution in [2.75, 3.05) is 13.2 Å². The molecule has 6 heteroatoms. The molecule has 0 bridgehead atoms. The van der Waals surface area contributed by atoms with Crippen LogP contribution >= 0.6 is 0 Å². The van der Waals surface area contributed by atoms with Crippen LogP contribution in [0.5, 0.6) is 0 Å². The summed E-state index contributed by atoms with van der Waals surface area (Å²) in [4.78, 5) is 23.4. The van der Waals surface area contributed by atoms with Crippen molar-refractivity contribution in [2.45, 2.75) is 25.3 Å². The second kappa shape index (κ2) is 4.81. The Balaban J connectivity index is 2.17. The molecule has 98 valence electrons. The van der Waals surface area contributed by atoms with E-state index in [1.165, 1.54) is 12.3 Å². The molecule has 0 unspecified atom stereocenters. The average Bonchev–Trinajstić information content (AvgIpc) is 2.76. The molecule has 1 aromatic rings. The molecule has 1 fully saturated rings. The zero-order valence-corrected chi connectivity index (χ0v) is 10.1. The van der Waals surface area contributed by atoms with Crippen LogP contribution in [0.25, 0.3) is 0 Å². The van der Waals surface area contributed by atoms with E-state index in [0.29, 0.717) is 24.5 Å². The standard InChI is InChI=1S/C12H15NO5/c1-8-9(2-5-18-8)10(14)13-12(11(15)16)3-6-17-7-4-12/h2,5H,3-4,6-7H2,1H3,(H,13,14)(H,15,16). The lowest BCUT2D eigenvalue weighted by molar-refractivity contribution is -0.148. The van der Waals surface area contributed by atoms with E-state index in [1.54, 1.807) is 6.92 Å². The fraction of sp³-hybridized carbons (Fsp3) is 0.500. The molecule has 0 radical (unpaired) electrons. The number of amides is 1. The maximum atomic E-state index is 12.0. The Morgan fingerprint density at radius 3 is 2.56 bits per heavy atom. The third kappa shape index (κ3) is 2.24. The van der Waals surface area contributed by atoms with E-state index in [2.05, 4.69) is 5.32 Å². The summed E-state index contributed by atoms with van der Waals surface area (Å²) in [6.45, 7) is 2.32. The van der Waals surface area contributed by atoms with Gasteiger partial charge in [-0.1, -0.05) is 0 Å². The Morgan fingerprint density at radius 1 is 1.39 bits per heavy atom. The predicted molar refractivity (Wildman–Crippen MR) is 61.3 cm³/mol. The number of carboxylic acids is 1. The summed E-state index contributed by atoms with van der Waals surface area (Å²) in [5, 5.41) is 11.9. The van der Waals surface area contributed by atoms with E-state index in [9.17, 15) is 14.7 Å². The first-order chi connectivity index (χ1) is 8.55. The van der Waals surface area contributed by atoms with Gasteiger partial charge in [-0.15, -0.1) is 0 Å². The lowest BCUT2D eigenvalue weighted by Crippen LogP contribution is -2.57. The number of carbonyl (C=O) groups excluding carboxylic acids is 1. The van der Waals surface area contributed by atoms with E-state index in [-0.39, 0.29) is 12.8 Å². The second-order valence-corrected chi connectivity index (χ2v) is 4.34. The number of carboxylic acid groups (broad SMARTS) is 1. The second-order valence-electron chi connectivity index (χ2n) is 4.34. The van der Waals surface area contributed by atoms with Crippen molar-refractivity contribution < 1.29 is 23.8 Å². The van der Waals surface area contributed by atoms with Gasteiger partial charge in [0.2, 0.25) is 0 Å². The number of hydrogen-bond donors (Lipinski definition) is 2. The van der Waals surface area contributed by atoms with Crippen molar-refractivity contribution in [1.29, 1.82) is 0 Å². The maximum absolute atomic E-state index is 12.0. The summed E-state index contributed by atoms with van der Waals surface area (Å²) in [5.41, 5.74) is -0.874. The van der Waals surface area contributed by atoms with Crippen molar-refractivity contribution in [1.82, 2.24) is 5.32 Å². The van der Waals surface area contributed by atoms with Gasteiger partial charge in [0.05, 0.1) is 11.8 Å². The van der Waals surface area contributed by atoms with Crippen LogP contribution in [0.3, 0.4) is 0 Å². The lowest BCUT2D eigenvalue weighted by Gasteiger charge is -2.33. The molecule has 0 aromatic carbocycles. The summed E-state index contributed by atoms with van der Waals surface area (Å²) in [5.74, 6) is -0.981. The van der Waals surface area contributed by atoms with Crippen LogP contribution in [0.15, 0.2) is 16.7 Å². The fourth-order valence-electron chi connectivity index (χ4n) is 2.02. The zero-order valence-electron chi connectivity index (χ0n) is 10.1. The monoisotopic (exact) mass is 253 g/mol. The quantitative estimate of drug-likeness (QED) is 0.837. The number of ether oxygens (including phenoxy) is 1. The van der Waals surface area contributed by atoms with Crippen LogP contribution < -0.4 is 5.32 Å². The Hall–Kier alpha value is -1.82. The number of rotatable bonds is 3. The molecule has 0 atom stereocenters. The van der Waals surface area contributed by atoms with Gasteiger partial charge in [-0.3, -0.25) is 4.79 Å². The highest BCUT2D eigenvalue weighted by molar-refractivity contribution is 5.98. The average molecular weight is 253 g/mol. The Morgan fingerprint density at radius 2 is 2.06 bits per heavy atom. The van der Waals surface area contributed by atoms with Crippen LogP contribution in [0.4, 0.5) is 0 Å². The van der Waals surface area contributed by atoms with Crippen molar-refractivity contribution in [2.24, 2.45) is 0 Å². The molecule has 6 nitrogen and oxygen atoms in total. The minimum absolute atomic E-state index is 0.269. The number of hydrogen-bond acceptors (Lipinski definition) is 4. The van der Waals surface area contributed by atoms with Gasteiger partial charge >= 0.3 is 5.97 Å². The highest BCUT2D eigenvalue weighted by atomic mass is 16.5. The molecule has 0 spiro atoms. The molecule has 0 aliphatic carbocycles. The minimum Gasteiger partial charge on any atom is -0.480 e. The molecule has 1 amide bonds. The van der Waals surface area contributed by atoms with Crippen molar-refractivity contribution >= 4 is 11.9 Å². The number of furan rings is 1. The summed E-state index contributed by atoms with van der Waals surface area (Å²) in [6, 6.07) is 1.53. The van der Waals surface area contributed by atoms with E-state index in [4.69, 9.17) is 9.15 Å². The number of nitrogens with one attached hydrogen (secondary N) is 1. The molecule has 1 aromatic heterocycles. The Bertz CT molecular complexity index is 459. The van der Waals surface area contributed by atoms with Gasteiger partial charge in [-0.25, -0.2) is 4.79 Å². The maximum Gasteiger partial charge on any atom is 0.329 e. The van der Waals surface area contributed by atoms with Gasteiger partial charge in [0, 0.05) is 26.1 Å². The van der Waals surface area contributed by atoms with E-state index >= 15 is 0 Å². The van der Waals surface area contributed by atoms with E-state index < -0.39 is 17.4 Å². The van der Waals surface area contributed by atoms with Crippen LogP contribution in [-0.4, -0.2) is 35.7 Å². The van der Waals surface area contributed by atoms with Crippen LogP contribution in [0.2, 0.25) is 0 Å². The van der Waals surface area contributed by atoms with Crippen molar-refractivity contribution in [3.8, 4) is 0 Å². The van der Waals surface area contributed by atoms with Gasteiger partial charge in [-0.2, -0.15) is 0 Å². The summed E-state index contributed by atoms with van der Waals surface area (Å²) < 4.78 is 10.2. The molecule has 18 heavy (non-hydrogen) atoms. The molecule has 1 aliphatic rings. The van der Waals surface area contributed by atoms with E-state index in [1.807, 2.05) is 0 Å². The molecular formula is C12H15NO5. The fourth-order valence-corrected chi connectivity index (χ4v) is 2.02. The summed E-state index contributed by atoms with van der Waals surface area (Å²) in [7, 11) is 0. The first-order valence-electron chi connectivity index (χ1n) is 5.73. The third-order valence-electron chi connectivity index (χ3n) is 3.21. The molecule has 0 saturated carbocycles. The van der Waals surface area contributed by atoms with Gasteiger partial charge in [0.25, 0.3) is 5.91 Å². The molecule has 1 saturated heterocycles. The predicted octanol–water partition coefficient (Wildman–Crippen LogP) is 0.952. The van der Waals surface area contributed by atoms with Gasteiger partial charge in [0.1, 0.15) is 11.3 Å². The highest BCUT2D eigenvalue weighted by Crippen LogP contribution is 2.22. The third-order valence-corrected chi connectivity index (χ3v) is 3.21. The smallest absolute Gasteiger partial charge is 0.329 e. The first-order valence-corrected chi connectivity index (χ1v) is 5.73. The minimum atomic E-state index is -1.24. The molecular weight excluding hydrogens is 238 g/mol. The van der Waals surface area contributed by atoms with E-state index in [0.717, 1.165) is 0 Å². The molecule has 2 rings (SSSR count). The highest BCUT2D eigenvalue weighted by Gasteiger charge is 2.42. The van der Waals surface area contributed by atoms with Crippen LogP contribution in [0, 0.1) is 6.92 Å². The zero-order chi connectivity index (χ0) is 13.2. The van der Waals surface area contributed by atoms with Gasteiger partial charge in [-0.05, 0) is 13.0 Å². The first kappa shape index (κ1) is 12.6. The number of aliphatic carboxylic acids is 1. The Kier molecular flexibility index (Phi) is 3.38. The van der Waals surface area contributed by atoms with Crippen molar-refractivity contribution in [3.05, 3.63) is 23.7 Å². The summed E-state index contributed by atoms with van der Waals surface area (Å²) >= 11 is 0. The molecule has 2 N–H and O–H groups in total. The topological polar surface area (TPSA) is 88.8 Å². The molecule has 2 heterocycles. The number of carbonyl (C=O) groups is 2.